The van der Waals surface area contributed by atoms with Crippen LogP contribution in [0.15, 0.2) is 51.9 Å². The van der Waals surface area contributed by atoms with Crippen molar-refractivity contribution >= 4 is 38.6 Å². The maximum Gasteiger partial charge on any atom is 0.286 e. The average Bonchev–Trinajstić information content (AvgIpc) is 2.98. The van der Waals surface area contributed by atoms with Gasteiger partial charge in [-0.25, -0.2) is 0 Å². The van der Waals surface area contributed by atoms with Gasteiger partial charge in [0.2, 0.25) is 5.56 Å². The molecule has 0 aliphatic rings. The first kappa shape index (κ1) is 15.0. The zero-order valence-corrected chi connectivity index (χ0v) is 13.2. The van der Waals surface area contributed by atoms with Gasteiger partial charge in [0.25, 0.3) is 11.8 Å². The molecule has 2 heterocycles. The molecule has 8 heteroatoms. The second-order valence-electron chi connectivity index (χ2n) is 4.73. The third-order valence-electron chi connectivity index (χ3n) is 3.18. The Bertz CT molecular complexity index is 961. The van der Waals surface area contributed by atoms with Gasteiger partial charge in [-0.1, -0.05) is 18.2 Å². The first-order valence-corrected chi connectivity index (χ1v) is 7.40. The minimum Gasteiger partial charge on any atom is -0.356 e. The maximum atomic E-state index is 12.3. The molecule has 0 radical (unpaired) electrons. The van der Waals surface area contributed by atoms with Gasteiger partial charge in [-0.3, -0.25) is 25.2 Å². The summed E-state index contributed by atoms with van der Waals surface area (Å²) in [6, 6.07) is 9.68. The van der Waals surface area contributed by atoms with Crippen LogP contribution < -0.4 is 16.4 Å². The van der Waals surface area contributed by atoms with Crippen LogP contribution in [0.5, 0.6) is 0 Å². The molecule has 0 atom stereocenters. The number of para-hydroxylation sites is 1. The number of carbonyl (C=O) groups is 2. The molecule has 2 amide bonds. The van der Waals surface area contributed by atoms with Crippen LogP contribution in [0.4, 0.5) is 0 Å². The molecule has 0 unspecified atom stereocenters. The lowest BCUT2D eigenvalue weighted by Gasteiger charge is -2.08. The van der Waals surface area contributed by atoms with Crippen molar-refractivity contribution in [1.29, 1.82) is 0 Å². The van der Waals surface area contributed by atoms with E-state index in [0.717, 1.165) is 4.47 Å². The highest BCUT2D eigenvalue weighted by Gasteiger charge is 2.13. The molecule has 3 rings (SSSR count). The Morgan fingerprint density at radius 1 is 1.04 bits per heavy atom. The van der Waals surface area contributed by atoms with E-state index in [9.17, 15) is 14.4 Å². The van der Waals surface area contributed by atoms with E-state index in [1.165, 1.54) is 6.07 Å². The van der Waals surface area contributed by atoms with E-state index in [2.05, 4.69) is 36.7 Å². The number of carbonyl (C=O) groups excluding carboxylic acids is 2. The largest absolute Gasteiger partial charge is 0.356 e. The van der Waals surface area contributed by atoms with E-state index in [-0.39, 0.29) is 11.3 Å². The minimum absolute atomic E-state index is 0.178. The summed E-state index contributed by atoms with van der Waals surface area (Å²) >= 11 is 3.22. The first-order valence-electron chi connectivity index (χ1n) is 6.61. The molecule has 7 nitrogen and oxygen atoms in total. The number of hydrogen-bond acceptors (Lipinski definition) is 3. The highest BCUT2D eigenvalue weighted by Crippen LogP contribution is 2.14. The van der Waals surface area contributed by atoms with Crippen LogP contribution >= 0.6 is 15.9 Å². The van der Waals surface area contributed by atoms with Gasteiger partial charge in [-0.05, 0) is 28.1 Å². The van der Waals surface area contributed by atoms with Crippen molar-refractivity contribution < 1.29 is 9.59 Å². The van der Waals surface area contributed by atoms with Crippen molar-refractivity contribution in [3.05, 3.63) is 68.7 Å². The third kappa shape index (κ3) is 3.16. The standard InChI is InChI=1S/C15H11BrN4O3/c16-8-5-12(17-7-8)15(23)20-19-14(22)10-6-13(21)18-11-4-2-1-3-9(10)11/h1-7,17H,(H,18,21)(H,19,22)(H,20,23). The molecule has 3 aromatic rings. The fraction of sp³-hybridized carbons (Fsp3) is 0. The molecule has 0 aliphatic carbocycles. The first-order chi connectivity index (χ1) is 11.0. The predicted octanol–water partition coefficient (Wildman–Crippen LogP) is 1.69. The number of benzene rings is 1. The number of H-pyrrole nitrogens is 2. The summed E-state index contributed by atoms with van der Waals surface area (Å²) in [7, 11) is 0. The van der Waals surface area contributed by atoms with Crippen molar-refractivity contribution in [3.8, 4) is 0 Å². The third-order valence-corrected chi connectivity index (χ3v) is 3.63. The molecular formula is C15H11BrN4O3. The Balaban J connectivity index is 1.81. The Morgan fingerprint density at radius 2 is 1.78 bits per heavy atom. The molecule has 0 aliphatic heterocycles. The van der Waals surface area contributed by atoms with E-state index in [4.69, 9.17) is 0 Å². The molecule has 23 heavy (non-hydrogen) atoms. The normalized spacial score (nSPS) is 10.5. The van der Waals surface area contributed by atoms with Crippen LogP contribution in [-0.2, 0) is 0 Å². The summed E-state index contributed by atoms with van der Waals surface area (Å²) in [5, 5.41) is 0.585. The molecule has 0 saturated heterocycles. The predicted molar refractivity (Wildman–Crippen MR) is 88.0 cm³/mol. The fourth-order valence-corrected chi connectivity index (χ4v) is 2.48. The van der Waals surface area contributed by atoms with Gasteiger partial charge in [0.15, 0.2) is 0 Å². The van der Waals surface area contributed by atoms with Gasteiger partial charge in [0.05, 0.1) is 5.56 Å². The SMILES string of the molecule is O=C(NNC(=O)c1cc(=O)[nH]c2ccccc12)c1cc(Br)c[nH]1. The minimum atomic E-state index is -0.578. The molecule has 1 aromatic carbocycles. The number of aromatic nitrogens is 2. The van der Waals surface area contributed by atoms with Crippen LogP contribution in [0, 0.1) is 0 Å². The van der Waals surface area contributed by atoms with Crippen molar-refractivity contribution in [1.82, 2.24) is 20.8 Å². The summed E-state index contributed by atoms with van der Waals surface area (Å²) in [4.78, 5) is 41.2. The summed E-state index contributed by atoms with van der Waals surface area (Å²) in [5.74, 6) is -1.08. The van der Waals surface area contributed by atoms with Gasteiger partial charge in [-0.15, -0.1) is 0 Å². The quantitative estimate of drug-likeness (QED) is 0.512. The van der Waals surface area contributed by atoms with Crippen molar-refractivity contribution in [3.63, 3.8) is 0 Å². The molecule has 4 N–H and O–H groups in total. The van der Waals surface area contributed by atoms with Gasteiger partial charge < -0.3 is 9.97 Å². The van der Waals surface area contributed by atoms with Gasteiger partial charge in [0.1, 0.15) is 5.69 Å². The highest BCUT2D eigenvalue weighted by molar-refractivity contribution is 9.10. The number of amides is 2. The number of hydrogen-bond donors (Lipinski definition) is 4. The smallest absolute Gasteiger partial charge is 0.286 e. The van der Waals surface area contributed by atoms with Crippen LogP contribution in [0.3, 0.4) is 0 Å². The van der Waals surface area contributed by atoms with Crippen molar-refractivity contribution in [2.24, 2.45) is 0 Å². The molecule has 2 aromatic heterocycles. The van der Waals surface area contributed by atoms with Crippen molar-refractivity contribution in [2.75, 3.05) is 0 Å². The topological polar surface area (TPSA) is 107 Å². The van der Waals surface area contributed by atoms with E-state index in [1.54, 1.807) is 36.5 Å². The molecule has 116 valence electrons. The van der Waals surface area contributed by atoms with Gasteiger partial charge in [0, 0.05) is 27.6 Å². The van der Waals surface area contributed by atoms with E-state index >= 15 is 0 Å². The summed E-state index contributed by atoms with van der Waals surface area (Å²) in [6.07, 6.45) is 1.60. The van der Waals surface area contributed by atoms with Crippen LogP contribution in [-0.4, -0.2) is 21.8 Å². The van der Waals surface area contributed by atoms with E-state index in [1.807, 2.05) is 0 Å². The second kappa shape index (κ2) is 6.09. The van der Waals surface area contributed by atoms with Crippen LogP contribution in [0.1, 0.15) is 20.8 Å². The highest BCUT2D eigenvalue weighted by atomic mass is 79.9. The Hall–Kier alpha value is -2.87. The number of nitrogens with one attached hydrogen (secondary N) is 4. The Kier molecular flexibility index (Phi) is 3.98. The zero-order chi connectivity index (χ0) is 16.4. The lowest BCUT2D eigenvalue weighted by atomic mass is 10.1. The number of fused-ring (bicyclic) bond motifs is 1. The van der Waals surface area contributed by atoms with Crippen LogP contribution in [0.25, 0.3) is 10.9 Å². The molecular weight excluding hydrogens is 364 g/mol. The zero-order valence-electron chi connectivity index (χ0n) is 11.6. The summed E-state index contributed by atoms with van der Waals surface area (Å²) in [5.41, 5.74) is 5.21. The van der Waals surface area contributed by atoms with Crippen molar-refractivity contribution in [2.45, 2.75) is 0 Å². The summed E-state index contributed by atoms with van der Waals surface area (Å²) < 4.78 is 0.717. The fourth-order valence-electron chi connectivity index (χ4n) is 2.14. The average molecular weight is 375 g/mol. The van der Waals surface area contributed by atoms with E-state index < -0.39 is 17.4 Å². The maximum absolute atomic E-state index is 12.3. The van der Waals surface area contributed by atoms with Gasteiger partial charge >= 0.3 is 0 Å². The van der Waals surface area contributed by atoms with Crippen LogP contribution in [0.2, 0.25) is 0 Å². The van der Waals surface area contributed by atoms with E-state index in [0.29, 0.717) is 10.9 Å². The molecule has 0 spiro atoms. The molecule has 0 bridgehead atoms. The second-order valence-corrected chi connectivity index (χ2v) is 5.65. The number of halogens is 1. The number of rotatable bonds is 2. The summed E-state index contributed by atoms with van der Waals surface area (Å²) in [6.45, 7) is 0. The lowest BCUT2D eigenvalue weighted by molar-refractivity contribution is 0.0845. The lowest BCUT2D eigenvalue weighted by Crippen LogP contribution is -2.42. The number of pyridine rings is 1. The Labute approximate surface area is 138 Å². The number of aromatic amines is 2. The monoisotopic (exact) mass is 374 g/mol. The molecule has 0 saturated carbocycles. The Morgan fingerprint density at radius 3 is 2.52 bits per heavy atom. The van der Waals surface area contributed by atoms with Gasteiger partial charge in [-0.2, -0.15) is 0 Å². The number of hydrazine groups is 1. The molecule has 0 fully saturated rings.